The normalized spacial score (nSPS) is 15.7. The second-order valence-corrected chi connectivity index (χ2v) is 5.70. The zero-order valence-corrected chi connectivity index (χ0v) is 13.2. The Labute approximate surface area is 135 Å². The SMILES string of the molecule is CN1CCN(c2nncc(NCCc3ccccc3F)n2)CC1. The van der Waals surface area contributed by atoms with E-state index in [1.165, 1.54) is 6.07 Å². The van der Waals surface area contributed by atoms with Gasteiger partial charge in [-0.1, -0.05) is 18.2 Å². The molecule has 7 heteroatoms. The average Bonchev–Trinajstić information content (AvgIpc) is 2.58. The third-order valence-corrected chi connectivity index (χ3v) is 3.99. The first kappa shape index (κ1) is 15.6. The summed E-state index contributed by atoms with van der Waals surface area (Å²) >= 11 is 0. The van der Waals surface area contributed by atoms with Crippen molar-refractivity contribution in [3.8, 4) is 0 Å². The van der Waals surface area contributed by atoms with Crippen LogP contribution in [0.15, 0.2) is 30.5 Å². The maximum Gasteiger partial charge on any atom is 0.247 e. The van der Waals surface area contributed by atoms with Crippen molar-refractivity contribution in [3.63, 3.8) is 0 Å². The van der Waals surface area contributed by atoms with E-state index in [1.54, 1.807) is 18.3 Å². The number of aromatic nitrogens is 3. The Morgan fingerprint density at radius 1 is 1.17 bits per heavy atom. The zero-order chi connectivity index (χ0) is 16.1. The topological polar surface area (TPSA) is 57.2 Å². The fourth-order valence-electron chi connectivity index (χ4n) is 2.55. The number of hydrogen-bond acceptors (Lipinski definition) is 6. The molecule has 1 saturated heterocycles. The van der Waals surface area contributed by atoms with Gasteiger partial charge in [0.2, 0.25) is 5.95 Å². The molecule has 1 fully saturated rings. The Bertz CT molecular complexity index is 642. The summed E-state index contributed by atoms with van der Waals surface area (Å²) in [5.41, 5.74) is 0.696. The smallest absolute Gasteiger partial charge is 0.247 e. The van der Waals surface area contributed by atoms with Crippen LogP contribution in [0.4, 0.5) is 16.2 Å². The standard InChI is InChI=1S/C16H21FN6/c1-22-8-10-23(11-9-22)16-20-15(12-19-21-16)18-7-6-13-4-2-3-5-14(13)17/h2-5,12H,6-11H2,1H3,(H,18,20,21). The lowest BCUT2D eigenvalue weighted by atomic mass is 10.1. The predicted molar refractivity (Wildman–Crippen MR) is 88.1 cm³/mol. The fourth-order valence-corrected chi connectivity index (χ4v) is 2.55. The van der Waals surface area contributed by atoms with Gasteiger partial charge in [-0.3, -0.25) is 0 Å². The van der Waals surface area contributed by atoms with Crippen molar-refractivity contribution in [3.05, 3.63) is 41.8 Å². The number of likely N-dealkylation sites (N-methyl/N-ethyl adjacent to an activating group) is 1. The fraction of sp³-hybridized carbons (Fsp3) is 0.438. The Hall–Kier alpha value is -2.28. The van der Waals surface area contributed by atoms with Crippen LogP contribution in [0.25, 0.3) is 0 Å². The van der Waals surface area contributed by atoms with Gasteiger partial charge in [0.1, 0.15) is 5.82 Å². The van der Waals surface area contributed by atoms with Gasteiger partial charge in [-0.15, -0.1) is 5.10 Å². The first-order chi connectivity index (χ1) is 11.2. The van der Waals surface area contributed by atoms with Crippen LogP contribution < -0.4 is 10.2 Å². The Morgan fingerprint density at radius 3 is 2.74 bits per heavy atom. The number of anilines is 2. The highest BCUT2D eigenvalue weighted by molar-refractivity contribution is 5.39. The number of hydrogen-bond donors (Lipinski definition) is 1. The molecule has 0 radical (unpaired) electrons. The summed E-state index contributed by atoms with van der Waals surface area (Å²) in [6.07, 6.45) is 2.20. The number of benzene rings is 1. The molecule has 2 aromatic rings. The van der Waals surface area contributed by atoms with Crippen LogP contribution in [0.2, 0.25) is 0 Å². The molecule has 6 nitrogen and oxygen atoms in total. The summed E-state index contributed by atoms with van der Waals surface area (Å²) in [7, 11) is 2.11. The molecular formula is C16H21FN6. The molecule has 0 bridgehead atoms. The van der Waals surface area contributed by atoms with Crippen LogP contribution in [0.5, 0.6) is 0 Å². The van der Waals surface area contributed by atoms with Gasteiger partial charge in [-0.2, -0.15) is 10.1 Å². The molecule has 0 spiro atoms. The quantitative estimate of drug-likeness (QED) is 0.900. The monoisotopic (exact) mass is 316 g/mol. The second-order valence-electron chi connectivity index (χ2n) is 5.70. The Kier molecular flexibility index (Phi) is 4.97. The molecule has 0 amide bonds. The highest BCUT2D eigenvalue weighted by Crippen LogP contribution is 2.12. The summed E-state index contributed by atoms with van der Waals surface area (Å²) in [5.74, 6) is 1.15. The van der Waals surface area contributed by atoms with Gasteiger partial charge in [-0.25, -0.2) is 4.39 Å². The molecule has 1 N–H and O–H groups in total. The van der Waals surface area contributed by atoms with Crippen molar-refractivity contribution in [1.82, 2.24) is 20.1 Å². The van der Waals surface area contributed by atoms with E-state index in [-0.39, 0.29) is 5.82 Å². The van der Waals surface area contributed by atoms with Crippen LogP contribution in [-0.4, -0.2) is 59.9 Å². The third-order valence-electron chi connectivity index (χ3n) is 3.99. The van der Waals surface area contributed by atoms with Gasteiger partial charge in [0, 0.05) is 32.7 Å². The summed E-state index contributed by atoms with van der Waals surface area (Å²) in [5, 5.41) is 11.3. The highest BCUT2D eigenvalue weighted by Gasteiger charge is 2.17. The van der Waals surface area contributed by atoms with Crippen LogP contribution >= 0.6 is 0 Å². The Balaban J connectivity index is 1.56. The van der Waals surface area contributed by atoms with E-state index in [1.807, 2.05) is 6.07 Å². The lowest BCUT2D eigenvalue weighted by Gasteiger charge is -2.32. The van der Waals surface area contributed by atoms with E-state index in [0.29, 0.717) is 30.3 Å². The van der Waals surface area contributed by atoms with Crippen molar-refractivity contribution in [2.45, 2.75) is 6.42 Å². The van der Waals surface area contributed by atoms with Crippen molar-refractivity contribution in [2.24, 2.45) is 0 Å². The predicted octanol–water partition coefficient (Wildman–Crippen LogP) is 1.42. The average molecular weight is 316 g/mol. The molecule has 23 heavy (non-hydrogen) atoms. The van der Waals surface area contributed by atoms with Gasteiger partial charge < -0.3 is 15.1 Å². The summed E-state index contributed by atoms with van der Waals surface area (Å²) in [6, 6.07) is 6.82. The van der Waals surface area contributed by atoms with E-state index in [9.17, 15) is 4.39 Å². The molecule has 122 valence electrons. The Morgan fingerprint density at radius 2 is 1.96 bits per heavy atom. The molecular weight excluding hydrogens is 295 g/mol. The summed E-state index contributed by atoms with van der Waals surface area (Å²) < 4.78 is 13.6. The van der Waals surface area contributed by atoms with Crippen molar-refractivity contribution in [2.75, 3.05) is 50.0 Å². The first-order valence-corrected chi connectivity index (χ1v) is 7.83. The molecule has 3 rings (SSSR count). The molecule has 0 atom stereocenters. The van der Waals surface area contributed by atoms with Crippen LogP contribution in [0.3, 0.4) is 0 Å². The molecule has 0 saturated carbocycles. The molecule has 1 aliphatic heterocycles. The van der Waals surface area contributed by atoms with Crippen molar-refractivity contribution in [1.29, 1.82) is 0 Å². The van der Waals surface area contributed by atoms with Gasteiger partial charge in [0.25, 0.3) is 0 Å². The van der Waals surface area contributed by atoms with Gasteiger partial charge >= 0.3 is 0 Å². The minimum absolute atomic E-state index is 0.173. The number of piperazine rings is 1. The van der Waals surface area contributed by atoms with Crippen molar-refractivity contribution >= 4 is 11.8 Å². The number of halogens is 1. The number of nitrogens with zero attached hydrogens (tertiary/aromatic N) is 5. The van der Waals surface area contributed by atoms with Crippen LogP contribution in [-0.2, 0) is 6.42 Å². The van der Waals surface area contributed by atoms with E-state index in [2.05, 4.69) is 37.3 Å². The third kappa shape index (κ3) is 4.13. The van der Waals surface area contributed by atoms with Crippen LogP contribution in [0, 0.1) is 5.82 Å². The first-order valence-electron chi connectivity index (χ1n) is 7.83. The molecule has 2 heterocycles. The molecule has 1 aromatic heterocycles. The maximum absolute atomic E-state index is 13.6. The highest BCUT2D eigenvalue weighted by atomic mass is 19.1. The molecule has 1 aromatic carbocycles. The van der Waals surface area contributed by atoms with Gasteiger partial charge in [0.15, 0.2) is 5.82 Å². The summed E-state index contributed by atoms with van der Waals surface area (Å²) in [6.45, 7) is 4.39. The van der Waals surface area contributed by atoms with Gasteiger partial charge in [-0.05, 0) is 25.1 Å². The second kappa shape index (κ2) is 7.32. The lowest BCUT2D eigenvalue weighted by Crippen LogP contribution is -2.45. The van der Waals surface area contributed by atoms with Crippen molar-refractivity contribution < 1.29 is 4.39 Å². The minimum Gasteiger partial charge on any atom is -0.368 e. The number of rotatable bonds is 5. The van der Waals surface area contributed by atoms with E-state index < -0.39 is 0 Å². The summed E-state index contributed by atoms with van der Waals surface area (Å²) in [4.78, 5) is 8.92. The minimum atomic E-state index is -0.173. The largest absolute Gasteiger partial charge is 0.368 e. The maximum atomic E-state index is 13.6. The lowest BCUT2D eigenvalue weighted by molar-refractivity contribution is 0.311. The zero-order valence-electron chi connectivity index (χ0n) is 13.2. The molecule has 0 aliphatic carbocycles. The molecule has 0 unspecified atom stereocenters. The van der Waals surface area contributed by atoms with Crippen LogP contribution in [0.1, 0.15) is 5.56 Å². The molecule has 1 aliphatic rings. The number of nitrogens with one attached hydrogen (secondary N) is 1. The van der Waals surface area contributed by atoms with E-state index >= 15 is 0 Å². The van der Waals surface area contributed by atoms with Gasteiger partial charge in [0.05, 0.1) is 6.20 Å². The van der Waals surface area contributed by atoms with E-state index in [4.69, 9.17) is 0 Å². The van der Waals surface area contributed by atoms with E-state index in [0.717, 1.165) is 26.2 Å².